The van der Waals surface area contributed by atoms with Gasteiger partial charge in [0.15, 0.2) is 11.5 Å². The molecular weight excluding hydrogens is 216 g/mol. The SMILES string of the molecule is COC1=CC(=O)C(c2ccc(C)cc2)=CC1=O. The summed E-state index contributed by atoms with van der Waals surface area (Å²) in [4.78, 5) is 23.4. The van der Waals surface area contributed by atoms with Gasteiger partial charge in [0.25, 0.3) is 0 Å². The van der Waals surface area contributed by atoms with Gasteiger partial charge in [-0.05, 0) is 12.5 Å². The number of benzene rings is 1. The molecular formula is C14H12O3. The summed E-state index contributed by atoms with van der Waals surface area (Å²) in [6, 6.07) is 7.48. The van der Waals surface area contributed by atoms with Crippen LogP contribution < -0.4 is 0 Å². The first-order valence-corrected chi connectivity index (χ1v) is 5.25. The summed E-state index contributed by atoms with van der Waals surface area (Å²) < 4.78 is 4.82. The van der Waals surface area contributed by atoms with Crippen molar-refractivity contribution in [2.24, 2.45) is 0 Å². The highest BCUT2D eigenvalue weighted by atomic mass is 16.5. The summed E-state index contributed by atoms with van der Waals surface area (Å²) in [6.07, 6.45) is 2.56. The van der Waals surface area contributed by atoms with E-state index in [0.717, 1.165) is 11.1 Å². The van der Waals surface area contributed by atoms with Crippen molar-refractivity contribution >= 4 is 17.1 Å². The third-order valence-corrected chi connectivity index (χ3v) is 2.63. The molecule has 0 aliphatic heterocycles. The minimum absolute atomic E-state index is 0.0888. The molecule has 0 atom stereocenters. The zero-order valence-electron chi connectivity index (χ0n) is 9.69. The smallest absolute Gasteiger partial charge is 0.221 e. The summed E-state index contributed by atoms with van der Waals surface area (Å²) in [5, 5.41) is 0. The van der Waals surface area contributed by atoms with Crippen LogP contribution in [0.2, 0.25) is 0 Å². The number of hydrogen-bond donors (Lipinski definition) is 0. The fourth-order valence-corrected chi connectivity index (χ4v) is 1.66. The quantitative estimate of drug-likeness (QED) is 0.728. The largest absolute Gasteiger partial charge is 0.493 e. The molecule has 0 saturated heterocycles. The summed E-state index contributed by atoms with van der Waals surface area (Å²) in [5.41, 5.74) is 2.27. The van der Waals surface area contributed by atoms with E-state index in [9.17, 15) is 9.59 Å². The summed E-state index contributed by atoms with van der Waals surface area (Å²) >= 11 is 0. The Morgan fingerprint density at radius 3 is 2.18 bits per heavy atom. The molecule has 0 fully saturated rings. The number of ether oxygens (including phenoxy) is 1. The Kier molecular flexibility index (Phi) is 2.91. The van der Waals surface area contributed by atoms with Crippen LogP contribution in [0.4, 0.5) is 0 Å². The number of rotatable bonds is 2. The third kappa shape index (κ3) is 2.18. The molecule has 1 aliphatic carbocycles. The Hall–Kier alpha value is -2.16. The number of allylic oxidation sites excluding steroid dienone is 3. The van der Waals surface area contributed by atoms with Crippen LogP contribution in [0.15, 0.2) is 42.2 Å². The average molecular weight is 228 g/mol. The number of hydrogen-bond acceptors (Lipinski definition) is 3. The Balaban J connectivity index is 2.39. The van der Waals surface area contributed by atoms with Crippen molar-refractivity contribution in [3.05, 3.63) is 53.3 Å². The molecule has 0 spiro atoms. The molecule has 0 bridgehead atoms. The minimum Gasteiger partial charge on any atom is -0.493 e. The van der Waals surface area contributed by atoms with Crippen LogP contribution in [0.25, 0.3) is 5.57 Å². The number of aryl methyl sites for hydroxylation is 1. The van der Waals surface area contributed by atoms with Crippen molar-refractivity contribution in [3.8, 4) is 0 Å². The molecule has 0 saturated carbocycles. The molecule has 1 aliphatic rings. The van der Waals surface area contributed by atoms with E-state index in [1.807, 2.05) is 31.2 Å². The van der Waals surface area contributed by atoms with Gasteiger partial charge in [0.05, 0.1) is 7.11 Å². The van der Waals surface area contributed by atoms with Crippen LogP contribution in [0.3, 0.4) is 0 Å². The first-order valence-electron chi connectivity index (χ1n) is 5.25. The van der Waals surface area contributed by atoms with E-state index in [-0.39, 0.29) is 17.3 Å². The number of ketones is 2. The van der Waals surface area contributed by atoms with Crippen LogP contribution in [-0.2, 0) is 14.3 Å². The highest BCUT2D eigenvalue weighted by Gasteiger charge is 2.21. The lowest BCUT2D eigenvalue weighted by atomic mass is 9.95. The van der Waals surface area contributed by atoms with Crippen LogP contribution >= 0.6 is 0 Å². The second-order valence-electron chi connectivity index (χ2n) is 3.87. The third-order valence-electron chi connectivity index (χ3n) is 2.63. The summed E-state index contributed by atoms with van der Waals surface area (Å²) in [6.45, 7) is 1.97. The maximum Gasteiger partial charge on any atom is 0.221 e. The molecule has 17 heavy (non-hydrogen) atoms. The molecule has 3 heteroatoms. The zero-order chi connectivity index (χ0) is 12.4. The van der Waals surface area contributed by atoms with E-state index >= 15 is 0 Å². The molecule has 2 rings (SSSR count). The highest BCUT2D eigenvalue weighted by molar-refractivity contribution is 6.34. The van der Waals surface area contributed by atoms with E-state index in [2.05, 4.69) is 0 Å². The van der Waals surface area contributed by atoms with Gasteiger partial charge in [-0.15, -0.1) is 0 Å². The van der Waals surface area contributed by atoms with E-state index in [1.165, 1.54) is 19.3 Å². The first kappa shape index (κ1) is 11.3. The van der Waals surface area contributed by atoms with Gasteiger partial charge in [0.2, 0.25) is 5.78 Å². The van der Waals surface area contributed by atoms with Gasteiger partial charge in [0.1, 0.15) is 0 Å². The molecule has 3 nitrogen and oxygen atoms in total. The Bertz CT molecular complexity index is 533. The number of carbonyl (C=O) groups is 2. The molecule has 1 aromatic rings. The zero-order valence-corrected chi connectivity index (χ0v) is 9.69. The van der Waals surface area contributed by atoms with E-state index in [1.54, 1.807) is 0 Å². The van der Waals surface area contributed by atoms with Crippen LogP contribution in [-0.4, -0.2) is 18.7 Å². The van der Waals surface area contributed by atoms with Gasteiger partial charge < -0.3 is 4.74 Å². The van der Waals surface area contributed by atoms with Crippen molar-refractivity contribution in [1.29, 1.82) is 0 Å². The second-order valence-corrected chi connectivity index (χ2v) is 3.87. The summed E-state index contributed by atoms with van der Waals surface area (Å²) in [5.74, 6) is -0.390. The van der Waals surface area contributed by atoms with E-state index in [0.29, 0.717) is 5.57 Å². The molecule has 0 heterocycles. The van der Waals surface area contributed by atoms with Crippen molar-refractivity contribution < 1.29 is 14.3 Å². The van der Waals surface area contributed by atoms with E-state index < -0.39 is 0 Å². The molecule has 0 amide bonds. The van der Waals surface area contributed by atoms with Crippen molar-refractivity contribution in [1.82, 2.24) is 0 Å². The van der Waals surface area contributed by atoms with Crippen LogP contribution in [0, 0.1) is 6.92 Å². The topological polar surface area (TPSA) is 43.4 Å². The number of methoxy groups -OCH3 is 1. The van der Waals surface area contributed by atoms with Gasteiger partial charge in [-0.3, -0.25) is 9.59 Å². The fraction of sp³-hybridized carbons (Fsp3) is 0.143. The Morgan fingerprint density at radius 1 is 0.941 bits per heavy atom. The Morgan fingerprint density at radius 2 is 1.59 bits per heavy atom. The lowest BCUT2D eigenvalue weighted by molar-refractivity contribution is -0.116. The van der Waals surface area contributed by atoms with Gasteiger partial charge in [-0.1, -0.05) is 29.8 Å². The average Bonchev–Trinajstić information content (AvgIpc) is 2.33. The Labute approximate surface area is 99.4 Å². The molecule has 1 aromatic carbocycles. The maximum absolute atomic E-state index is 11.8. The molecule has 0 aromatic heterocycles. The molecule has 86 valence electrons. The number of carbonyl (C=O) groups excluding carboxylic acids is 2. The van der Waals surface area contributed by atoms with Gasteiger partial charge in [-0.25, -0.2) is 0 Å². The predicted octanol–water partition coefficient (Wildman–Crippen LogP) is 2.06. The van der Waals surface area contributed by atoms with Gasteiger partial charge >= 0.3 is 0 Å². The standard InChI is InChI=1S/C14H12O3/c1-9-3-5-10(6-4-9)11-7-13(16)14(17-2)8-12(11)15/h3-8H,1-2H3. The van der Waals surface area contributed by atoms with Crippen molar-refractivity contribution in [2.75, 3.05) is 7.11 Å². The predicted molar refractivity (Wildman–Crippen MR) is 64.3 cm³/mol. The maximum atomic E-state index is 11.8. The lowest BCUT2D eigenvalue weighted by Crippen LogP contribution is -2.13. The highest BCUT2D eigenvalue weighted by Crippen LogP contribution is 2.22. The van der Waals surface area contributed by atoms with Gasteiger partial charge in [0, 0.05) is 17.7 Å². The molecule has 0 N–H and O–H groups in total. The first-order chi connectivity index (χ1) is 8.11. The van der Waals surface area contributed by atoms with Crippen molar-refractivity contribution in [3.63, 3.8) is 0 Å². The second kappa shape index (κ2) is 4.37. The van der Waals surface area contributed by atoms with Crippen LogP contribution in [0.5, 0.6) is 0 Å². The van der Waals surface area contributed by atoms with E-state index in [4.69, 9.17) is 4.74 Å². The lowest BCUT2D eigenvalue weighted by Gasteiger charge is -2.11. The molecule has 0 radical (unpaired) electrons. The molecule has 0 unspecified atom stereocenters. The fourth-order valence-electron chi connectivity index (χ4n) is 1.66. The normalized spacial score (nSPS) is 15.4. The van der Waals surface area contributed by atoms with Crippen LogP contribution in [0.1, 0.15) is 11.1 Å². The minimum atomic E-state index is -0.275. The van der Waals surface area contributed by atoms with Gasteiger partial charge in [-0.2, -0.15) is 0 Å². The monoisotopic (exact) mass is 228 g/mol. The summed E-state index contributed by atoms with van der Waals surface area (Å²) in [7, 11) is 1.38. The van der Waals surface area contributed by atoms with Crippen molar-refractivity contribution in [2.45, 2.75) is 6.92 Å².